The SMILES string of the molecule is CC(C)C(OC(=O)N1CCN(C(=O)N2C(=O)[C@H](CC3CCN(C(=O)C(F)(F)F)CC3)[C@H]2C(=O)OCc2ccccc2)CC1)C(C)C. The number of ether oxygens (including phenoxy) is 2. The first-order valence-corrected chi connectivity index (χ1v) is 15.8. The highest BCUT2D eigenvalue weighted by Crippen LogP contribution is 2.37. The lowest BCUT2D eigenvalue weighted by Gasteiger charge is -2.48. The van der Waals surface area contributed by atoms with Crippen LogP contribution in [0.25, 0.3) is 0 Å². The Balaban J connectivity index is 1.39. The minimum Gasteiger partial charge on any atom is -0.459 e. The van der Waals surface area contributed by atoms with Gasteiger partial charge in [-0.15, -0.1) is 0 Å². The average molecular weight is 653 g/mol. The average Bonchev–Trinajstić information content (AvgIpc) is 3.03. The van der Waals surface area contributed by atoms with E-state index in [0.29, 0.717) is 0 Å². The molecule has 0 saturated carbocycles. The number of carbonyl (C=O) groups is 5. The zero-order chi connectivity index (χ0) is 33.8. The van der Waals surface area contributed by atoms with Crippen LogP contribution >= 0.6 is 0 Å². The summed E-state index contributed by atoms with van der Waals surface area (Å²) in [6, 6.07) is 7.06. The largest absolute Gasteiger partial charge is 0.471 e. The van der Waals surface area contributed by atoms with Crippen molar-refractivity contribution >= 4 is 29.9 Å². The number of piperidine rings is 1. The van der Waals surface area contributed by atoms with Crippen molar-refractivity contribution in [3.63, 3.8) is 0 Å². The van der Waals surface area contributed by atoms with Gasteiger partial charge in [-0.2, -0.15) is 13.2 Å². The Bertz CT molecular complexity index is 1250. The van der Waals surface area contributed by atoms with Gasteiger partial charge in [0.15, 0.2) is 6.04 Å². The van der Waals surface area contributed by atoms with E-state index in [1.165, 1.54) is 9.80 Å². The number of imide groups is 1. The smallest absolute Gasteiger partial charge is 0.459 e. The van der Waals surface area contributed by atoms with Gasteiger partial charge in [0.2, 0.25) is 5.91 Å². The van der Waals surface area contributed by atoms with E-state index in [1.807, 2.05) is 33.8 Å². The number of nitrogens with zero attached hydrogens (tertiary/aromatic N) is 4. The summed E-state index contributed by atoms with van der Waals surface area (Å²) in [5.41, 5.74) is 0.720. The summed E-state index contributed by atoms with van der Waals surface area (Å²) in [6.07, 6.45) is -5.04. The standard InChI is InChI=1S/C32H43F3N4O7/c1-20(2)26(21(3)4)46-31(44)38-16-14-37(15-17-38)30(43)39-25(28(41)45-19-23-8-6-5-7-9-23)24(27(39)40)18-22-10-12-36(13-11-22)29(42)32(33,34)35/h5-9,20-22,24-26H,10-19H2,1-4H3/t24-,25+/m1/s1. The normalized spacial score (nSPS) is 21.1. The van der Waals surface area contributed by atoms with E-state index in [2.05, 4.69) is 0 Å². The lowest BCUT2D eigenvalue weighted by atomic mass is 9.77. The second-order valence-electron chi connectivity index (χ2n) is 12.9. The molecule has 3 heterocycles. The molecule has 5 amide bonds. The summed E-state index contributed by atoms with van der Waals surface area (Å²) in [7, 11) is 0. The Morgan fingerprint density at radius 3 is 1.96 bits per heavy atom. The third kappa shape index (κ3) is 8.11. The molecule has 4 rings (SSSR count). The summed E-state index contributed by atoms with van der Waals surface area (Å²) in [5.74, 6) is -4.04. The van der Waals surface area contributed by atoms with E-state index in [-0.39, 0.29) is 89.0 Å². The molecule has 1 aromatic rings. The minimum atomic E-state index is -4.96. The van der Waals surface area contributed by atoms with E-state index in [1.54, 1.807) is 24.3 Å². The molecule has 2 atom stereocenters. The minimum absolute atomic E-state index is 0.0639. The van der Waals surface area contributed by atoms with Gasteiger partial charge in [-0.3, -0.25) is 9.59 Å². The number of alkyl halides is 3. The number of piperazine rings is 1. The van der Waals surface area contributed by atoms with Gasteiger partial charge in [-0.25, -0.2) is 19.3 Å². The molecule has 0 spiro atoms. The Kier molecular flexibility index (Phi) is 11.2. The molecule has 3 aliphatic heterocycles. The van der Waals surface area contributed by atoms with Gasteiger partial charge in [0, 0.05) is 39.3 Å². The highest BCUT2D eigenvalue weighted by atomic mass is 19.4. The third-order valence-corrected chi connectivity index (χ3v) is 8.98. The predicted octanol–water partition coefficient (Wildman–Crippen LogP) is 4.30. The predicted molar refractivity (Wildman–Crippen MR) is 159 cm³/mol. The van der Waals surface area contributed by atoms with Gasteiger partial charge >= 0.3 is 30.2 Å². The number of hydrogen-bond acceptors (Lipinski definition) is 7. The lowest BCUT2D eigenvalue weighted by molar-refractivity contribution is -0.187. The number of benzene rings is 1. The van der Waals surface area contributed by atoms with Crippen molar-refractivity contribution in [1.29, 1.82) is 0 Å². The quantitative estimate of drug-likeness (QED) is 0.304. The molecule has 254 valence electrons. The van der Waals surface area contributed by atoms with Crippen molar-refractivity contribution < 1.29 is 46.6 Å². The molecular weight excluding hydrogens is 609 g/mol. The van der Waals surface area contributed by atoms with Gasteiger partial charge in [0.1, 0.15) is 12.7 Å². The first-order chi connectivity index (χ1) is 21.7. The molecule has 0 N–H and O–H groups in total. The highest BCUT2D eigenvalue weighted by molar-refractivity contribution is 6.07. The number of likely N-dealkylation sites (tertiary alicyclic amines) is 2. The summed E-state index contributed by atoms with van der Waals surface area (Å²) in [5, 5.41) is 0. The summed E-state index contributed by atoms with van der Waals surface area (Å²) in [6.45, 7) is 8.27. The molecule has 0 bridgehead atoms. The zero-order valence-electron chi connectivity index (χ0n) is 26.7. The number of halogens is 3. The highest BCUT2D eigenvalue weighted by Gasteiger charge is 2.57. The second kappa shape index (κ2) is 14.7. The van der Waals surface area contributed by atoms with E-state index in [0.717, 1.165) is 15.4 Å². The number of rotatable bonds is 8. The van der Waals surface area contributed by atoms with Crippen LogP contribution in [0.3, 0.4) is 0 Å². The number of β-lactam (4-membered cyclic amide) rings is 1. The third-order valence-electron chi connectivity index (χ3n) is 8.98. The van der Waals surface area contributed by atoms with Gasteiger partial charge in [-0.05, 0) is 42.6 Å². The Morgan fingerprint density at radius 1 is 0.848 bits per heavy atom. The molecule has 0 aliphatic carbocycles. The van der Waals surface area contributed by atoms with Crippen LogP contribution in [0.1, 0.15) is 52.5 Å². The number of urea groups is 1. The van der Waals surface area contributed by atoms with E-state index in [4.69, 9.17) is 9.47 Å². The van der Waals surface area contributed by atoms with Crippen LogP contribution in [0.4, 0.5) is 22.8 Å². The van der Waals surface area contributed by atoms with Crippen LogP contribution in [0, 0.1) is 23.7 Å². The van der Waals surface area contributed by atoms with Crippen molar-refractivity contribution in [2.45, 2.75) is 71.9 Å². The molecule has 3 aliphatic rings. The van der Waals surface area contributed by atoms with Gasteiger partial charge < -0.3 is 24.2 Å². The molecule has 46 heavy (non-hydrogen) atoms. The van der Waals surface area contributed by atoms with Gasteiger partial charge in [0.05, 0.1) is 5.92 Å². The number of carbonyl (C=O) groups excluding carboxylic acids is 5. The topological polar surface area (TPSA) is 117 Å². The van der Waals surface area contributed by atoms with Crippen LogP contribution in [0.2, 0.25) is 0 Å². The van der Waals surface area contributed by atoms with Crippen molar-refractivity contribution in [1.82, 2.24) is 19.6 Å². The number of amides is 5. The van der Waals surface area contributed by atoms with Crippen molar-refractivity contribution in [2.75, 3.05) is 39.3 Å². The fraction of sp³-hybridized carbons (Fsp3) is 0.656. The first kappa shape index (κ1) is 35.0. The monoisotopic (exact) mass is 652 g/mol. The molecule has 3 fully saturated rings. The fourth-order valence-electron chi connectivity index (χ4n) is 6.45. The van der Waals surface area contributed by atoms with Crippen LogP contribution < -0.4 is 0 Å². The molecular formula is C32H43F3N4O7. The van der Waals surface area contributed by atoms with E-state index >= 15 is 0 Å². The molecule has 0 unspecified atom stereocenters. The van der Waals surface area contributed by atoms with Crippen LogP contribution in [0.5, 0.6) is 0 Å². The zero-order valence-corrected chi connectivity index (χ0v) is 26.7. The summed E-state index contributed by atoms with van der Waals surface area (Å²) in [4.78, 5) is 69.4. The Morgan fingerprint density at radius 2 is 1.41 bits per heavy atom. The van der Waals surface area contributed by atoms with Crippen LogP contribution in [0.15, 0.2) is 30.3 Å². The van der Waals surface area contributed by atoms with Crippen molar-refractivity contribution in [3.8, 4) is 0 Å². The molecule has 14 heteroatoms. The van der Waals surface area contributed by atoms with Crippen LogP contribution in [-0.4, -0.2) is 107 Å². The van der Waals surface area contributed by atoms with E-state index < -0.39 is 48.0 Å². The maximum absolute atomic E-state index is 13.6. The Labute approximate surface area is 266 Å². The van der Waals surface area contributed by atoms with Gasteiger partial charge in [-0.1, -0.05) is 58.0 Å². The van der Waals surface area contributed by atoms with Crippen molar-refractivity contribution in [3.05, 3.63) is 35.9 Å². The molecule has 0 aromatic heterocycles. The maximum atomic E-state index is 13.6. The van der Waals surface area contributed by atoms with Crippen LogP contribution in [-0.2, 0) is 30.5 Å². The molecule has 0 radical (unpaired) electrons. The maximum Gasteiger partial charge on any atom is 0.471 e. The van der Waals surface area contributed by atoms with E-state index in [9.17, 15) is 37.1 Å². The van der Waals surface area contributed by atoms with Gasteiger partial charge in [0.25, 0.3) is 0 Å². The second-order valence-corrected chi connectivity index (χ2v) is 12.9. The molecule has 1 aromatic carbocycles. The number of esters is 1. The lowest BCUT2D eigenvalue weighted by Crippen LogP contribution is -2.70. The first-order valence-electron chi connectivity index (χ1n) is 15.8. The summed E-state index contributed by atoms with van der Waals surface area (Å²) >= 11 is 0. The molecule has 3 saturated heterocycles. The molecule has 11 nitrogen and oxygen atoms in total. The summed E-state index contributed by atoms with van der Waals surface area (Å²) < 4.78 is 49.9. The van der Waals surface area contributed by atoms with Crippen molar-refractivity contribution in [2.24, 2.45) is 23.7 Å². The fourth-order valence-corrected chi connectivity index (χ4v) is 6.45. The number of hydrogen-bond donors (Lipinski definition) is 0. The Hall–Kier alpha value is -3.84.